The Bertz CT molecular complexity index is 590. The monoisotopic (exact) mass is 271 g/mol. The predicted molar refractivity (Wildman–Crippen MR) is 83.3 cm³/mol. The Kier molecular flexibility index (Phi) is 4.91. The number of nitrogens with one attached hydrogen (secondary N) is 1. The molecule has 106 valence electrons. The van der Waals surface area contributed by atoms with E-state index in [4.69, 9.17) is 0 Å². The van der Waals surface area contributed by atoms with Crippen LogP contribution < -0.4 is 5.32 Å². The third-order valence-corrected chi connectivity index (χ3v) is 3.49. The highest BCUT2D eigenvalue weighted by atomic mass is 19.1. The van der Waals surface area contributed by atoms with E-state index < -0.39 is 0 Å². The second-order valence-corrected chi connectivity index (χ2v) is 5.30. The maximum atomic E-state index is 13.3. The second-order valence-electron chi connectivity index (χ2n) is 5.30. The summed E-state index contributed by atoms with van der Waals surface area (Å²) in [6.45, 7) is 8.07. The van der Waals surface area contributed by atoms with Crippen LogP contribution >= 0.6 is 0 Å². The molecule has 0 fully saturated rings. The molecule has 0 aliphatic heterocycles. The fraction of sp³-hybridized carbons (Fsp3) is 0.333. The van der Waals surface area contributed by atoms with Crippen LogP contribution in [0, 0.1) is 19.7 Å². The quantitative estimate of drug-likeness (QED) is 0.783. The molecule has 20 heavy (non-hydrogen) atoms. The van der Waals surface area contributed by atoms with Gasteiger partial charge in [-0.05, 0) is 61.2 Å². The third-order valence-electron chi connectivity index (χ3n) is 3.49. The largest absolute Gasteiger partial charge is 0.313 e. The summed E-state index contributed by atoms with van der Waals surface area (Å²) in [5.74, 6) is -0.176. The van der Waals surface area contributed by atoms with Crippen LogP contribution in [0.15, 0.2) is 36.4 Å². The van der Waals surface area contributed by atoms with Gasteiger partial charge in [0.25, 0.3) is 0 Å². The molecule has 2 aromatic rings. The molecule has 0 heterocycles. The molecule has 2 aromatic carbocycles. The van der Waals surface area contributed by atoms with E-state index in [1.54, 1.807) is 6.07 Å². The fourth-order valence-corrected chi connectivity index (χ4v) is 2.42. The van der Waals surface area contributed by atoms with Crippen molar-refractivity contribution in [1.29, 1.82) is 0 Å². The van der Waals surface area contributed by atoms with Crippen molar-refractivity contribution in [3.63, 3.8) is 0 Å². The van der Waals surface area contributed by atoms with E-state index in [1.807, 2.05) is 13.0 Å². The number of rotatable bonds is 5. The molecule has 0 atom stereocenters. The summed E-state index contributed by atoms with van der Waals surface area (Å²) < 4.78 is 13.3. The molecule has 0 radical (unpaired) electrons. The van der Waals surface area contributed by atoms with Gasteiger partial charge < -0.3 is 5.32 Å². The topological polar surface area (TPSA) is 12.0 Å². The lowest BCUT2D eigenvalue weighted by Gasteiger charge is -2.14. The number of halogens is 1. The molecule has 0 unspecified atom stereocenters. The molecule has 0 amide bonds. The Morgan fingerprint density at radius 1 is 1.00 bits per heavy atom. The van der Waals surface area contributed by atoms with E-state index in [1.165, 1.54) is 22.8 Å². The molecule has 2 heteroatoms. The maximum absolute atomic E-state index is 13.3. The van der Waals surface area contributed by atoms with Crippen LogP contribution in [0.5, 0.6) is 0 Å². The van der Waals surface area contributed by atoms with Crippen LogP contribution in [0.4, 0.5) is 4.39 Å². The van der Waals surface area contributed by atoms with E-state index in [-0.39, 0.29) is 5.82 Å². The molecule has 0 saturated heterocycles. The van der Waals surface area contributed by atoms with Crippen LogP contribution in [0.25, 0.3) is 11.1 Å². The summed E-state index contributed by atoms with van der Waals surface area (Å²) in [6.07, 6.45) is 1.12. The summed E-state index contributed by atoms with van der Waals surface area (Å²) in [4.78, 5) is 0. The summed E-state index contributed by atoms with van der Waals surface area (Å²) in [7, 11) is 0. The number of aryl methyl sites for hydroxylation is 2. The van der Waals surface area contributed by atoms with Gasteiger partial charge in [-0.3, -0.25) is 0 Å². The molecule has 0 aliphatic carbocycles. The van der Waals surface area contributed by atoms with E-state index in [0.29, 0.717) is 0 Å². The first-order valence-electron chi connectivity index (χ1n) is 7.18. The summed E-state index contributed by atoms with van der Waals surface area (Å²) in [6, 6.07) is 11.5. The van der Waals surface area contributed by atoms with Crippen molar-refractivity contribution in [1.82, 2.24) is 5.32 Å². The zero-order valence-corrected chi connectivity index (χ0v) is 12.5. The normalized spacial score (nSPS) is 10.8. The van der Waals surface area contributed by atoms with Crippen molar-refractivity contribution in [3.05, 3.63) is 58.9 Å². The van der Waals surface area contributed by atoms with Gasteiger partial charge in [0, 0.05) is 6.54 Å². The van der Waals surface area contributed by atoms with Crippen LogP contribution in [0.1, 0.15) is 30.0 Å². The van der Waals surface area contributed by atoms with Crippen molar-refractivity contribution in [3.8, 4) is 11.1 Å². The molecule has 1 N–H and O–H groups in total. The molecular formula is C18H22FN. The Morgan fingerprint density at radius 3 is 2.50 bits per heavy atom. The van der Waals surface area contributed by atoms with Crippen LogP contribution in [0.3, 0.4) is 0 Å². The van der Waals surface area contributed by atoms with Gasteiger partial charge in [-0.15, -0.1) is 0 Å². The molecule has 1 nitrogen and oxygen atoms in total. The molecular weight excluding hydrogens is 249 g/mol. The van der Waals surface area contributed by atoms with Gasteiger partial charge in [-0.25, -0.2) is 4.39 Å². The van der Waals surface area contributed by atoms with Gasteiger partial charge in [0.1, 0.15) is 5.82 Å². The second kappa shape index (κ2) is 6.67. The molecule has 0 aliphatic rings. The summed E-state index contributed by atoms with van der Waals surface area (Å²) in [5.41, 5.74) is 5.78. The Hall–Kier alpha value is -1.67. The van der Waals surface area contributed by atoms with Crippen molar-refractivity contribution in [2.45, 2.75) is 33.7 Å². The van der Waals surface area contributed by atoms with Crippen molar-refractivity contribution in [2.75, 3.05) is 6.54 Å². The maximum Gasteiger partial charge on any atom is 0.123 e. The number of benzene rings is 2. The van der Waals surface area contributed by atoms with E-state index in [0.717, 1.165) is 30.6 Å². The highest BCUT2D eigenvalue weighted by Gasteiger charge is 2.08. The lowest BCUT2D eigenvalue weighted by Crippen LogP contribution is -2.14. The minimum Gasteiger partial charge on any atom is -0.313 e. The zero-order valence-electron chi connectivity index (χ0n) is 12.5. The van der Waals surface area contributed by atoms with Gasteiger partial charge in [0.2, 0.25) is 0 Å². The van der Waals surface area contributed by atoms with Crippen LogP contribution in [-0.2, 0) is 6.54 Å². The van der Waals surface area contributed by atoms with Gasteiger partial charge in [0.05, 0.1) is 0 Å². The molecule has 0 spiro atoms. The molecule has 0 aromatic heterocycles. The van der Waals surface area contributed by atoms with Crippen molar-refractivity contribution in [2.24, 2.45) is 0 Å². The Labute approximate surface area is 120 Å². The molecule has 0 bridgehead atoms. The molecule has 0 saturated carbocycles. The van der Waals surface area contributed by atoms with Crippen LogP contribution in [-0.4, -0.2) is 6.54 Å². The van der Waals surface area contributed by atoms with Gasteiger partial charge in [0.15, 0.2) is 0 Å². The van der Waals surface area contributed by atoms with Gasteiger partial charge >= 0.3 is 0 Å². The zero-order chi connectivity index (χ0) is 14.5. The first-order valence-corrected chi connectivity index (χ1v) is 7.18. The van der Waals surface area contributed by atoms with Crippen molar-refractivity contribution >= 4 is 0 Å². The van der Waals surface area contributed by atoms with E-state index >= 15 is 0 Å². The summed E-state index contributed by atoms with van der Waals surface area (Å²) in [5, 5.41) is 3.44. The highest BCUT2D eigenvalue weighted by Crippen LogP contribution is 2.28. The average molecular weight is 271 g/mol. The smallest absolute Gasteiger partial charge is 0.123 e. The Morgan fingerprint density at radius 2 is 1.80 bits per heavy atom. The van der Waals surface area contributed by atoms with Crippen molar-refractivity contribution < 1.29 is 4.39 Å². The average Bonchev–Trinajstić information content (AvgIpc) is 2.41. The minimum absolute atomic E-state index is 0.176. The van der Waals surface area contributed by atoms with Crippen LogP contribution in [0.2, 0.25) is 0 Å². The van der Waals surface area contributed by atoms with E-state index in [2.05, 4.69) is 37.4 Å². The summed E-state index contributed by atoms with van der Waals surface area (Å²) >= 11 is 0. The first-order chi connectivity index (χ1) is 9.61. The minimum atomic E-state index is -0.176. The van der Waals surface area contributed by atoms with E-state index in [9.17, 15) is 4.39 Å². The Balaban J connectivity index is 2.40. The SMILES string of the molecule is CCCNCc1ccc(C)cc1-c1ccc(F)cc1C. The molecule has 2 rings (SSSR count). The highest BCUT2D eigenvalue weighted by molar-refractivity contribution is 5.71. The lowest BCUT2D eigenvalue weighted by atomic mass is 9.94. The lowest BCUT2D eigenvalue weighted by molar-refractivity contribution is 0.627. The predicted octanol–water partition coefficient (Wildman–Crippen LogP) is 4.61. The standard InChI is InChI=1S/C18H22FN/c1-4-9-20-12-15-6-5-13(2)10-18(15)17-8-7-16(19)11-14(17)3/h5-8,10-11,20H,4,9,12H2,1-3H3. The number of hydrogen-bond acceptors (Lipinski definition) is 1. The first kappa shape index (κ1) is 14.7. The number of hydrogen-bond donors (Lipinski definition) is 1. The third kappa shape index (κ3) is 3.45. The van der Waals surface area contributed by atoms with Gasteiger partial charge in [-0.2, -0.15) is 0 Å². The van der Waals surface area contributed by atoms with Gasteiger partial charge in [-0.1, -0.05) is 36.8 Å². The fourth-order valence-electron chi connectivity index (χ4n) is 2.42.